The van der Waals surface area contributed by atoms with Crippen LogP contribution in [0.5, 0.6) is 0 Å². The smallest absolute Gasteiger partial charge is 0.0159 e. The fraction of sp³-hybridized carbons (Fsp3) is 0.0526. The van der Waals surface area contributed by atoms with Crippen LogP contribution in [0, 0.1) is 0 Å². The molecule has 268 valence electrons. The average molecular weight is 725 g/mol. The first-order valence-corrected chi connectivity index (χ1v) is 20.0. The molecule has 11 rings (SSSR count). The van der Waals surface area contributed by atoms with Gasteiger partial charge in [0.2, 0.25) is 0 Å². The molecule has 0 spiro atoms. The normalized spacial score (nSPS) is 12.9. The summed E-state index contributed by atoms with van der Waals surface area (Å²) >= 11 is 0. The van der Waals surface area contributed by atoms with Crippen LogP contribution >= 0.6 is 0 Å². The Morgan fingerprint density at radius 2 is 0.719 bits per heavy atom. The SMILES string of the molecule is CC1(C)c2ccccc2-c2ccc(-c3ccc(-c4c5ccc(-c6ccccc6)cc5c(-c5ccccc5)c5ccc(-c6ccccc6)cc45)cc3)c3cccc1c23. The maximum atomic E-state index is 2.41. The van der Waals surface area contributed by atoms with Crippen molar-refractivity contribution < 1.29 is 0 Å². The van der Waals surface area contributed by atoms with E-state index in [1.165, 1.54) is 110 Å². The van der Waals surface area contributed by atoms with Crippen LogP contribution in [0.3, 0.4) is 0 Å². The topological polar surface area (TPSA) is 0 Å². The van der Waals surface area contributed by atoms with E-state index in [2.05, 4.69) is 220 Å². The molecule has 0 heterocycles. The van der Waals surface area contributed by atoms with E-state index < -0.39 is 0 Å². The molecule has 0 amide bonds. The van der Waals surface area contributed by atoms with Gasteiger partial charge in [0, 0.05) is 5.41 Å². The van der Waals surface area contributed by atoms with Crippen LogP contribution in [0.15, 0.2) is 206 Å². The molecule has 10 aromatic carbocycles. The molecular weight excluding hydrogens is 685 g/mol. The number of hydrogen-bond donors (Lipinski definition) is 0. The molecule has 1 aliphatic rings. The first kappa shape index (κ1) is 33.3. The van der Waals surface area contributed by atoms with Gasteiger partial charge in [0.25, 0.3) is 0 Å². The highest BCUT2D eigenvalue weighted by Gasteiger charge is 2.33. The molecule has 0 saturated heterocycles. The van der Waals surface area contributed by atoms with E-state index in [0.717, 1.165) is 0 Å². The zero-order valence-corrected chi connectivity index (χ0v) is 32.1. The summed E-state index contributed by atoms with van der Waals surface area (Å²) in [5.74, 6) is 0. The number of hydrogen-bond acceptors (Lipinski definition) is 0. The molecule has 0 saturated carbocycles. The molecule has 0 unspecified atom stereocenters. The minimum absolute atomic E-state index is 0.0847. The van der Waals surface area contributed by atoms with Crippen LogP contribution < -0.4 is 0 Å². The van der Waals surface area contributed by atoms with Gasteiger partial charge in [-0.05, 0) is 122 Å². The highest BCUT2D eigenvalue weighted by Crippen LogP contribution is 2.51. The second-order valence-corrected chi connectivity index (χ2v) is 16.0. The van der Waals surface area contributed by atoms with Gasteiger partial charge in [-0.3, -0.25) is 0 Å². The van der Waals surface area contributed by atoms with Gasteiger partial charge in [-0.25, -0.2) is 0 Å². The molecular formula is C57H40. The Kier molecular flexibility index (Phi) is 7.63. The van der Waals surface area contributed by atoms with E-state index in [0.29, 0.717) is 0 Å². The first-order chi connectivity index (χ1) is 28.0. The van der Waals surface area contributed by atoms with Crippen molar-refractivity contribution in [1.29, 1.82) is 0 Å². The van der Waals surface area contributed by atoms with Crippen LogP contribution in [0.4, 0.5) is 0 Å². The van der Waals surface area contributed by atoms with Crippen LogP contribution in [-0.4, -0.2) is 0 Å². The Balaban J connectivity index is 1.15. The van der Waals surface area contributed by atoms with Gasteiger partial charge in [-0.2, -0.15) is 0 Å². The lowest BCUT2D eigenvalue weighted by Crippen LogP contribution is -2.23. The zero-order valence-electron chi connectivity index (χ0n) is 32.1. The van der Waals surface area contributed by atoms with Crippen molar-refractivity contribution in [3.63, 3.8) is 0 Å². The molecule has 1 aliphatic carbocycles. The van der Waals surface area contributed by atoms with Crippen LogP contribution in [0.25, 0.3) is 99.1 Å². The van der Waals surface area contributed by atoms with E-state index in [-0.39, 0.29) is 5.41 Å². The summed E-state index contributed by atoms with van der Waals surface area (Å²) in [5, 5.41) is 7.70. The van der Waals surface area contributed by atoms with E-state index in [1.54, 1.807) is 0 Å². The third kappa shape index (κ3) is 5.29. The maximum Gasteiger partial charge on any atom is 0.0159 e. The summed E-state index contributed by atoms with van der Waals surface area (Å²) in [7, 11) is 0. The van der Waals surface area contributed by atoms with Crippen molar-refractivity contribution in [2.45, 2.75) is 19.3 Å². The zero-order chi connectivity index (χ0) is 38.1. The molecule has 0 bridgehead atoms. The molecule has 0 heteroatoms. The third-order valence-electron chi connectivity index (χ3n) is 12.5. The fourth-order valence-corrected chi connectivity index (χ4v) is 9.70. The monoisotopic (exact) mass is 724 g/mol. The molecule has 57 heavy (non-hydrogen) atoms. The van der Waals surface area contributed by atoms with Crippen LogP contribution in [0.2, 0.25) is 0 Å². The van der Waals surface area contributed by atoms with E-state index in [4.69, 9.17) is 0 Å². The summed E-state index contributed by atoms with van der Waals surface area (Å²) in [5.41, 5.74) is 17.7. The molecule has 0 fully saturated rings. The summed E-state index contributed by atoms with van der Waals surface area (Å²) in [6, 6.07) is 76.4. The van der Waals surface area contributed by atoms with Crippen molar-refractivity contribution in [3.05, 3.63) is 217 Å². The van der Waals surface area contributed by atoms with Crippen LogP contribution in [-0.2, 0) is 5.41 Å². The standard InChI is InChI=1S/C57H40/c1-57(2)52-23-13-12-21-45(52)47-34-33-44(46-22-14-24-53(57)56(46)47)39-25-27-41(28-26-39)55-49-32-30-42(37-15-6-3-7-16-37)35-50(49)54(40-19-10-5-11-20-40)48-31-29-43(36-51(48)55)38-17-8-4-9-18-38/h3-36H,1-2H3. The van der Waals surface area contributed by atoms with Crippen LogP contribution in [0.1, 0.15) is 25.0 Å². The quantitative estimate of drug-likeness (QED) is 0.155. The summed E-state index contributed by atoms with van der Waals surface area (Å²) in [4.78, 5) is 0. The molecule has 0 aliphatic heterocycles. The second-order valence-electron chi connectivity index (χ2n) is 16.0. The third-order valence-corrected chi connectivity index (χ3v) is 12.5. The summed E-state index contributed by atoms with van der Waals surface area (Å²) in [6.07, 6.45) is 0. The van der Waals surface area contributed by atoms with E-state index in [9.17, 15) is 0 Å². The fourth-order valence-electron chi connectivity index (χ4n) is 9.70. The minimum atomic E-state index is -0.0847. The molecule has 0 aromatic heterocycles. The first-order valence-electron chi connectivity index (χ1n) is 20.0. The second kappa shape index (κ2) is 13.0. The lowest BCUT2D eigenvalue weighted by Gasteiger charge is -2.35. The highest BCUT2D eigenvalue weighted by atomic mass is 14.4. The van der Waals surface area contributed by atoms with Crippen molar-refractivity contribution in [1.82, 2.24) is 0 Å². The number of benzene rings is 10. The molecule has 0 N–H and O–H groups in total. The Morgan fingerprint density at radius 3 is 1.32 bits per heavy atom. The minimum Gasteiger partial charge on any atom is -0.0622 e. The molecule has 10 aromatic rings. The summed E-state index contributed by atoms with van der Waals surface area (Å²) < 4.78 is 0. The van der Waals surface area contributed by atoms with Gasteiger partial charge >= 0.3 is 0 Å². The van der Waals surface area contributed by atoms with Gasteiger partial charge in [0.1, 0.15) is 0 Å². The van der Waals surface area contributed by atoms with Gasteiger partial charge in [0.05, 0.1) is 0 Å². The van der Waals surface area contributed by atoms with Crippen molar-refractivity contribution in [2.24, 2.45) is 0 Å². The maximum absolute atomic E-state index is 2.41. The Labute approximate surface area is 334 Å². The summed E-state index contributed by atoms with van der Waals surface area (Å²) in [6.45, 7) is 4.74. The van der Waals surface area contributed by atoms with Crippen molar-refractivity contribution in [3.8, 4) is 66.8 Å². The van der Waals surface area contributed by atoms with Crippen molar-refractivity contribution in [2.75, 3.05) is 0 Å². The lowest BCUT2D eigenvalue weighted by molar-refractivity contribution is 0.645. The number of rotatable bonds is 5. The van der Waals surface area contributed by atoms with E-state index in [1.807, 2.05) is 0 Å². The van der Waals surface area contributed by atoms with Gasteiger partial charge in [-0.15, -0.1) is 0 Å². The van der Waals surface area contributed by atoms with Gasteiger partial charge in [-0.1, -0.05) is 208 Å². The van der Waals surface area contributed by atoms with E-state index >= 15 is 0 Å². The molecule has 0 radical (unpaired) electrons. The predicted octanol–water partition coefficient (Wildman–Crippen LogP) is 15.8. The highest BCUT2D eigenvalue weighted by molar-refractivity contribution is 6.22. The molecule has 0 nitrogen and oxygen atoms in total. The van der Waals surface area contributed by atoms with Gasteiger partial charge < -0.3 is 0 Å². The van der Waals surface area contributed by atoms with Crippen molar-refractivity contribution >= 4 is 32.3 Å². The average Bonchev–Trinajstić information content (AvgIpc) is 3.28. The Hall–Kier alpha value is -7.02. The Bertz CT molecular complexity index is 3150. The number of fused-ring (bicyclic) bond motifs is 4. The Morgan fingerprint density at radius 1 is 0.263 bits per heavy atom. The van der Waals surface area contributed by atoms with Gasteiger partial charge in [0.15, 0.2) is 0 Å². The lowest BCUT2D eigenvalue weighted by atomic mass is 9.68. The predicted molar refractivity (Wildman–Crippen MR) is 244 cm³/mol. The molecule has 0 atom stereocenters. The largest absolute Gasteiger partial charge is 0.0622 e.